The summed E-state index contributed by atoms with van der Waals surface area (Å²) in [7, 11) is 0. The van der Waals surface area contributed by atoms with E-state index in [1.807, 2.05) is 97.9 Å². The first-order valence-electron chi connectivity index (χ1n) is 10.4. The van der Waals surface area contributed by atoms with Gasteiger partial charge in [0.2, 0.25) is 0 Å². The number of fused-ring (bicyclic) bond motifs is 1. The van der Waals surface area contributed by atoms with Crippen LogP contribution in [-0.2, 0) is 0 Å². The lowest BCUT2D eigenvalue weighted by atomic mass is 10.2. The second-order valence-electron chi connectivity index (χ2n) is 7.58. The number of hydrogen-bond donors (Lipinski definition) is 2. The minimum atomic E-state index is -0.0828. The number of anilines is 4. The third-order valence-electron chi connectivity index (χ3n) is 5.37. The van der Waals surface area contributed by atoms with Gasteiger partial charge in [0, 0.05) is 35.4 Å². The van der Waals surface area contributed by atoms with Crippen molar-refractivity contribution in [1.29, 1.82) is 0 Å². The Morgan fingerprint density at radius 1 is 0.781 bits per heavy atom. The molecule has 2 N–H and O–H groups in total. The summed E-state index contributed by atoms with van der Waals surface area (Å²) in [6, 6.07) is 31.4. The molecule has 0 saturated heterocycles. The second-order valence-corrected chi connectivity index (χ2v) is 7.58. The van der Waals surface area contributed by atoms with E-state index >= 15 is 0 Å². The fourth-order valence-electron chi connectivity index (χ4n) is 3.75. The molecule has 0 fully saturated rings. The zero-order chi connectivity index (χ0) is 21.9. The Balaban J connectivity index is 1.71. The van der Waals surface area contributed by atoms with Crippen LogP contribution >= 0.6 is 0 Å². The predicted molar refractivity (Wildman–Crippen MR) is 132 cm³/mol. The number of para-hydroxylation sites is 3. The Labute approximate surface area is 186 Å². The van der Waals surface area contributed by atoms with Gasteiger partial charge in [0.15, 0.2) is 5.43 Å². The van der Waals surface area contributed by atoms with Gasteiger partial charge >= 0.3 is 0 Å². The zero-order valence-electron chi connectivity index (χ0n) is 17.6. The van der Waals surface area contributed by atoms with Gasteiger partial charge in [-0.15, -0.1) is 0 Å². The second kappa shape index (κ2) is 8.40. The van der Waals surface area contributed by atoms with Gasteiger partial charge < -0.3 is 10.6 Å². The molecule has 32 heavy (non-hydrogen) atoms. The Morgan fingerprint density at radius 3 is 2.22 bits per heavy atom. The van der Waals surface area contributed by atoms with Crippen molar-refractivity contribution >= 4 is 33.9 Å². The number of nitrogens with one attached hydrogen (secondary N) is 2. The average Bonchev–Trinajstić information content (AvgIpc) is 2.82. The number of hydrogen-bond acceptors (Lipinski definition) is 4. The predicted octanol–water partition coefficient (Wildman–Crippen LogP) is 6.18. The highest BCUT2D eigenvalue weighted by atomic mass is 16.1. The summed E-state index contributed by atoms with van der Waals surface area (Å²) in [4.78, 5) is 17.5. The van der Waals surface area contributed by atoms with Crippen LogP contribution in [-0.4, -0.2) is 9.55 Å². The summed E-state index contributed by atoms with van der Waals surface area (Å²) in [6.45, 7) is 2.05. The van der Waals surface area contributed by atoms with Crippen molar-refractivity contribution in [2.75, 3.05) is 10.6 Å². The number of nitrogens with zero attached hydrogens (tertiary/aromatic N) is 2. The average molecular weight is 419 g/mol. The zero-order valence-corrected chi connectivity index (χ0v) is 17.6. The lowest BCUT2D eigenvalue weighted by Crippen LogP contribution is -2.13. The Morgan fingerprint density at radius 2 is 1.47 bits per heavy atom. The number of pyridine rings is 2. The monoisotopic (exact) mass is 418 g/mol. The van der Waals surface area contributed by atoms with Crippen molar-refractivity contribution in [2.24, 2.45) is 0 Å². The van der Waals surface area contributed by atoms with E-state index in [0.29, 0.717) is 17.0 Å². The van der Waals surface area contributed by atoms with Crippen molar-refractivity contribution in [3.63, 3.8) is 0 Å². The molecule has 0 atom stereocenters. The van der Waals surface area contributed by atoms with Crippen LogP contribution in [0.15, 0.2) is 108 Å². The van der Waals surface area contributed by atoms with Crippen LogP contribution in [0.2, 0.25) is 0 Å². The Bertz CT molecular complexity index is 1440. The van der Waals surface area contributed by atoms with Crippen molar-refractivity contribution in [3.05, 3.63) is 119 Å². The molecule has 0 aliphatic carbocycles. The van der Waals surface area contributed by atoms with Gasteiger partial charge in [-0.25, -0.2) is 4.98 Å². The fourth-order valence-corrected chi connectivity index (χ4v) is 3.75. The summed E-state index contributed by atoms with van der Waals surface area (Å²) in [5, 5.41) is 7.35. The van der Waals surface area contributed by atoms with E-state index < -0.39 is 0 Å². The van der Waals surface area contributed by atoms with Gasteiger partial charge in [-0.3, -0.25) is 9.36 Å². The van der Waals surface area contributed by atoms with Crippen LogP contribution in [0.1, 0.15) is 5.56 Å². The van der Waals surface area contributed by atoms with E-state index in [1.165, 1.54) is 0 Å². The SMILES string of the molecule is Cc1ccccc1Nc1cc2c(cn1)c(=O)cc(Nc1ccccc1)n2-c1ccccc1. The van der Waals surface area contributed by atoms with Gasteiger partial charge in [0.1, 0.15) is 11.6 Å². The Hall–Kier alpha value is -4.38. The summed E-state index contributed by atoms with van der Waals surface area (Å²) >= 11 is 0. The number of aryl methyl sites for hydroxylation is 1. The number of aromatic nitrogens is 2. The van der Waals surface area contributed by atoms with Crippen LogP contribution in [0.3, 0.4) is 0 Å². The molecule has 2 heterocycles. The standard InChI is InChI=1S/C27H22N4O/c1-19-10-8-9-15-23(19)30-26-16-24-22(18-28-26)25(32)17-27(29-20-11-4-2-5-12-20)31(24)21-13-6-3-7-14-21/h2-18,29H,1H3,(H,28,30). The van der Waals surface area contributed by atoms with Crippen LogP contribution < -0.4 is 16.1 Å². The molecule has 0 radical (unpaired) electrons. The molecule has 5 nitrogen and oxygen atoms in total. The quantitative estimate of drug-likeness (QED) is 0.358. The molecule has 2 aromatic heterocycles. The maximum atomic E-state index is 13.0. The highest BCUT2D eigenvalue weighted by Gasteiger charge is 2.13. The first kappa shape index (κ1) is 19.6. The van der Waals surface area contributed by atoms with Gasteiger partial charge in [-0.05, 0) is 42.8 Å². The first-order chi connectivity index (χ1) is 15.7. The largest absolute Gasteiger partial charge is 0.341 e. The normalized spacial score (nSPS) is 10.8. The van der Waals surface area contributed by atoms with E-state index in [0.717, 1.165) is 28.1 Å². The molecule has 5 heteroatoms. The lowest BCUT2D eigenvalue weighted by Gasteiger charge is -2.19. The first-order valence-corrected chi connectivity index (χ1v) is 10.4. The van der Waals surface area contributed by atoms with E-state index in [-0.39, 0.29) is 5.43 Å². The third-order valence-corrected chi connectivity index (χ3v) is 5.37. The molecule has 0 aliphatic rings. The molecule has 0 bridgehead atoms. The molecule has 0 amide bonds. The molecule has 5 aromatic rings. The highest BCUT2D eigenvalue weighted by Crippen LogP contribution is 2.27. The summed E-state index contributed by atoms with van der Waals surface area (Å²) in [6.07, 6.45) is 1.64. The van der Waals surface area contributed by atoms with Crippen molar-refractivity contribution in [3.8, 4) is 5.69 Å². The van der Waals surface area contributed by atoms with E-state index in [4.69, 9.17) is 0 Å². The molecule has 156 valence electrons. The molecule has 5 rings (SSSR count). The van der Waals surface area contributed by atoms with Crippen LogP contribution in [0, 0.1) is 6.92 Å². The summed E-state index contributed by atoms with van der Waals surface area (Å²) in [5.74, 6) is 1.36. The van der Waals surface area contributed by atoms with Crippen LogP contribution in [0.5, 0.6) is 0 Å². The van der Waals surface area contributed by atoms with E-state index in [1.54, 1.807) is 12.3 Å². The molecular formula is C27H22N4O. The number of rotatable bonds is 5. The summed E-state index contributed by atoms with van der Waals surface area (Å²) < 4.78 is 2.05. The molecule has 0 unspecified atom stereocenters. The Kier molecular flexibility index (Phi) is 5.14. The fraction of sp³-hybridized carbons (Fsp3) is 0.0370. The van der Waals surface area contributed by atoms with Crippen molar-refractivity contribution < 1.29 is 0 Å². The molecule has 0 saturated carbocycles. The molecule has 0 aliphatic heterocycles. The van der Waals surface area contributed by atoms with Gasteiger partial charge in [0.25, 0.3) is 0 Å². The topological polar surface area (TPSA) is 59.0 Å². The highest BCUT2D eigenvalue weighted by molar-refractivity contribution is 5.86. The molecule has 0 spiro atoms. The molecule has 3 aromatic carbocycles. The van der Waals surface area contributed by atoms with Crippen molar-refractivity contribution in [1.82, 2.24) is 9.55 Å². The number of benzene rings is 3. The minimum absolute atomic E-state index is 0.0828. The molecular weight excluding hydrogens is 396 g/mol. The minimum Gasteiger partial charge on any atom is -0.341 e. The van der Waals surface area contributed by atoms with E-state index in [2.05, 4.69) is 20.2 Å². The van der Waals surface area contributed by atoms with E-state index in [9.17, 15) is 4.79 Å². The lowest BCUT2D eigenvalue weighted by molar-refractivity contribution is 1.10. The van der Waals surface area contributed by atoms with Gasteiger partial charge in [-0.2, -0.15) is 0 Å². The van der Waals surface area contributed by atoms with Gasteiger partial charge in [0.05, 0.1) is 10.9 Å². The van der Waals surface area contributed by atoms with Gasteiger partial charge in [-0.1, -0.05) is 54.6 Å². The maximum absolute atomic E-state index is 13.0. The summed E-state index contributed by atoms with van der Waals surface area (Å²) in [5.41, 5.74) is 4.64. The smallest absolute Gasteiger partial charge is 0.193 e. The third kappa shape index (κ3) is 3.84. The van der Waals surface area contributed by atoms with Crippen molar-refractivity contribution in [2.45, 2.75) is 6.92 Å². The van der Waals surface area contributed by atoms with Crippen LogP contribution in [0.4, 0.5) is 23.0 Å². The maximum Gasteiger partial charge on any atom is 0.193 e. The van der Waals surface area contributed by atoms with Crippen LogP contribution in [0.25, 0.3) is 16.6 Å².